The van der Waals surface area contributed by atoms with E-state index in [2.05, 4.69) is 12.0 Å². The second-order valence-corrected chi connectivity index (χ2v) is 6.25. The number of aromatic nitrogens is 2. The van der Waals surface area contributed by atoms with Crippen LogP contribution in [0.5, 0.6) is 0 Å². The van der Waals surface area contributed by atoms with Crippen molar-refractivity contribution in [2.24, 2.45) is 0 Å². The molecule has 0 saturated carbocycles. The summed E-state index contributed by atoms with van der Waals surface area (Å²) in [6.45, 7) is 8.21. The van der Waals surface area contributed by atoms with Crippen molar-refractivity contribution in [3.63, 3.8) is 0 Å². The summed E-state index contributed by atoms with van der Waals surface area (Å²) in [6.07, 6.45) is 5.78. The first-order chi connectivity index (χ1) is 10.5. The van der Waals surface area contributed by atoms with Gasteiger partial charge in [0.2, 0.25) is 5.91 Å². The molecule has 22 heavy (non-hydrogen) atoms. The van der Waals surface area contributed by atoms with Gasteiger partial charge in [-0.05, 0) is 51.5 Å². The molecule has 1 aliphatic rings. The molecule has 0 N–H and O–H groups in total. The summed E-state index contributed by atoms with van der Waals surface area (Å²) >= 11 is 0. The summed E-state index contributed by atoms with van der Waals surface area (Å²) in [4.78, 5) is 14.2. The zero-order chi connectivity index (χ0) is 16.1. The van der Waals surface area contributed by atoms with Gasteiger partial charge in [0.15, 0.2) is 0 Å². The highest BCUT2D eigenvalue weighted by molar-refractivity contribution is 5.75. The van der Waals surface area contributed by atoms with Gasteiger partial charge in [0.1, 0.15) is 6.54 Å². The quantitative estimate of drug-likeness (QED) is 0.777. The van der Waals surface area contributed by atoms with Gasteiger partial charge in [-0.3, -0.25) is 9.48 Å². The standard InChI is InChI=1S/C17H29N3O2/c1-5-16-13(2)18-20(14(16)3)12-17(21)19(4)10-6-8-15-9-7-11-22-15/h15H,5-12H2,1-4H3/t15-/m1/s1. The molecule has 2 heterocycles. The Balaban J connectivity index is 1.80. The topological polar surface area (TPSA) is 47.4 Å². The van der Waals surface area contributed by atoms with Crippen LogP contribution in [0.15, 0.2) is 0 Å². The third-order valence-corrected chi connectivity index (χ3v) is 4.64. The number of hydrogen-bond donors (Lipinski definition) is 0. The molecule has 0 bridgehead atoms. The molecular weight excluding hydrogens is 278 g/mol. The van der Waals surface area contributed by atoms with Gasteiger partial charge in [-0.25, -0.2) is 0 Å². The molecule has 5 heteroatoms. The molecule has 124 valence electrons. The zero-order valence-electron chi connectivity index (χ0n) is 14.4. The molecule has 1 atom stereocenters. The lowest BCUT2D eigenvalue weighted by Crippen LogP contribution is -2.32. The summed E-state index contributed by atoms with van der Waals surface area (Å²) in [5.41, 5.74) is 3.41. The number of carbonyl (C=O) groups excluding carboxylic acids is 1. The van der Waals surface area contributed by atoms with E-state index < -0.39 is 0 Å². The SMILES string of the molecule is CCc1c(C)nn(CC(=O)N(C)CCC[C@@H]2CCCO2)c1C. The van der Waals surface area contributed by atoms with Crippen molar-refractivity contribution in [1.82, 2.24) is 14.7 Å². The Morgan fingerprint density at radius 1 is 1.45 bits per heavy atom. The first-order valence-corrected chi connectivity index (χ1v) is 8.41. The maximum atomic E-state index is 12.3. The predicted octanol–water partition coefficient (Wildman–Crippen LogP) is 2.48. The van der Waals surface area contributed by atoms with Crippen molar-refractivity contribution in [1.29, 1.82) is 0 Å². The number of amides is 1. The largest absolute Gasteiger partial charge is 0.378 e. The zero-order valence-corrected chi connectivity index (χ0v) is 14.4. The normalized spacial score (nSPS) is 17.9. The molecule has 0 unspecified atom stereocenters. The van der Waals surface area contributed by atoms with E-state index >= 15 is 0 Å². The van der Waals surface area contributed by atoms with Gasteiger partial charge in [-0.15, -0.1) is 0 Å². The molecule has 0 spiro atoms. The van der Waals surface area contributed by atoms with E-state index in [-0.39, 0.29) is 5.91 Å². The van der Waals surface area contributed by atoms with E-state index in [0.29, 0.717) is 12.6 Å². The highest BCUT2D eigenvalue weighted by Crippen LogP contribution is 2.17. The van der Waals surface area contributed by atoms with E-state index in [1.54, 1.807) is 0 Å². The van der Waals surface area contributed by atoms with Gasteiger partial charge in [0.25, 0.3) is 0 Å². The van der Waals surface area contributed by atoms with Crippen LogP contribution in [0.3, 0.4) is 0 Å². The van der Waals surface area contributed by atoms with Crippen molar-refractivity contribution < 1.29 is 9.53 Å². The lowest BCUT2D eigenvalue weighted by Gasteiger charge is -2.18. The van der Waals surface area contributed by atoms with Crippen molar-refractivity contribution in [2.45, 2.75) is 65.5 Å². The fraction of sp³-hybridized carbons (Fsp3) is 0.765. The van der Waals surface area contributed by atoms with Gasteiger partial charge < -0.3 is 9.64 Å². The summed E-state index contributed by atoms with van der Waals surface area (Å²) in [7, 11) is 1.88. The average molecular weight is 307 g/mol. The van der Waals surface area contributed by atoms with E-state index in [1.165, 1.54) is 18.4 Å². The number of ether oxygens (including phenoxy) is 1. The van der Waals surface area contributed by atoms with Crippen LogP contribution in [-0.4, -0.2) is 46.9 Å². The van der Waals surface area contributed by atoms with E-state index in [1.807, 2.05) is 30.5 Å². The molecule has 1 aromatic heterocycles. The van der Waals surface area contributed by atoms with Gasteiger partial charge in [-0.1, -0.05) is 6.92 Å². The molecular formula is C17H29N3O2. The number of carbonyl (C=O) groups is 1. The van der Waals surface area contributed by atoms with Crippen LogP contribution in [-0.2, 0) is 22.5 Å². The first kappa shape index (κ1) is 17.0. The number of nitrogens with zero attached hydrogens (tertiary/aromatic N) is 3. The molecule has 1 saturated heterocycles. The molecule has 5 nitrogen and oxygen atoms in total. The minimum absolute atomic E-state index is 0.126. The Morgan fingerprint density at radius 2 is 2.23 bits per heavy atom. The van der Waals surface area contributed by atoms with Gasteiger partial charge in [0.05, 0.1) is 11.8 Å². The maximum absolute atomic E-state index is 12.3. The van der Waals surface area contributed by atoms with Crippen LogP contribution < -0.4 is 0 Å². The van der Waals surface area contributed by atoms with Gasteiger partial charge in [0, 0.05) is 25.9 Å². The second-order valence-electron chi connectivity index (χ2n) is 6.25. The monoisotopic (exact) mass is 307 g/mol. The Labute approximate surface area is 133 Å². The van der Waals surface area contributed by atoms with Crippen LogP contribution in [0, 0.1) is 13.8 Å². The van der Waals surface area contributed by atoms with Crippen LogP contribution in [0.25, 0.3) is 0 Å². The molecule has 1 aliphatic heterocycles. The van der Waals surface area contributed by atoms with E-state index in [9.17, 15) is 4.79 Å². The number of hydrogen-bond acceptors (Lipinski definition) is 3. The lowest BCUT2D eigenvalue weighted by molar-refractivity contribution is -0.130. The highest BCUT2D eigenvalue weighted by Gasteiger charge is 2.17. The highest BCUT2D eigenvalue weighted by atomic mass is 16.5. The fourth-order valence-corrected chi connectivity index (χ4v) is 3.20. The van der Waals surface area contributed by atoms with Crippen LogP contribution in [0.4, 0.5) is 0 Å². The third kappa shape index (κ3) is 4.09. The molecule has 0 aliphatic carbocycles. The third-order valence-electron chi connectivity index (χ3n) is 4.64. The number of aryl methyl sites for hydroxylation is 1. The van der Waals surface area contributed by atoms with E-state index in [4.69, 9.17) is 4.74 Å². The molecule has 0 radical (unpaired) electrons. The Morgan fingerprint density at radius 3 is 2.82 bits per heavy atom. The minimum atomic E-state index is 0.126. The summed E-state index contributed by atoms with van der Waals surface area (Å²) in [5.74, 6) is 0.126. The lowest BCUT2D eigenvalue weighted by atomic mass is 10.1. The molecule has 0 aromatic carbocycles. The molecule has 1 amide bonds. The Bertz CT molecular complexity index is 504. The van der Waals surface area contributed by atoms with Gasteiger partial charge in [-0.2, -0.15) is 5.10 Å². The molecule has 2 rings (SSSR count). The molecule has 1 fully saturated rings. The van der Waals surface area contributed by atoms with Crippen molar-refractivity contribution >= 4 is 5.91 Å². The maximum Gasteiger partial charge on any atom is 0.244 e. The summed E-state index contributed by atoms with van der Waals surface area (Å²) in [6, 6.07) is 0. The fourth-order valence-electron chi connectivity index (χ4n) is 3.20. The van der Waals surface area contributed by atoms with Gasteiger partial charge >= 0.3 is 0 Å². The minimum Gasteiger partial charge on any atom is -0.378 e. The van der Waals surface area contributed by atoms with E-state index in [0.717, 1.165) is 43.8 Å². The average Bonchev–Trinajstić information content (AvgIpc) is 3.08. The van der Waals surface area contributed by atoms with Crippen LogP contribution >= 0.6 is 0 Å². The smallest absolute Gasteiger partial charge is 0.244 e. The van der Waals surface area contributed by atoms with Crippen LogP contribution in [0.1, 0.15) is 49.6 Å². The predicted molar refractivity (Wildman–Crippen MR) is 86.9 cm³/mol. The summed E-state index contributed by atoms with van der Waals surface area (Å²) < 4.78 is 7.46. The second kappa shape index (κ2) is 7.77. The first-order valence-electron chi connectivity index (χ1n) is 8.41. The Kier molecular flexibility index (Phi) is 6.00. The Hall–Kier alpha value is -1.36. The number of likely N-dealkylation sites (N-methyl/N-ethyl adjacent to an activating group) is 1. The number of rotatable bonds is 7. The van der Waals surface area contributed by atoms with Crippen molar-refractivity contribution in [3.8, 4) is 0 Å². The van der Waals surface area contributed by atoms with Crippen molar-refractivity contribution in [2.75, 3.05) is 20.2 Å². The molecule has 1 aromatic rings. The summed E-state index contributed by atoms with van der Waals surface area (Å²) in [5, 5.41) is 4.50. The van der Waals surface area contributed by atoms with Crippen molar-refractivity contribution in [3.05, 3.63) is 17.0 Å². The van der Waals surface area contributed by atoms with Crippen LogP contribution in [0.2, 0.25) is 0 Å².